The summed E-state index contributed by atoms with van der Waals surface area (Å²) in [5.74, 6) is 0.495. The Balaban J connectivity index is 1.48. The fourth-order valence-electron chi connectivity index (χ4n) is 3.43. The lowest BCUT2D eigenvalue weighted by atomic mass is 10.2. The number of carbonyl (C=O) groups excluding carboxylic acids is 1. The molecule has 170 valence electrons. The van der Waals surface area contributed by atoms with E-state index in [1.807, 2.05) is 42.5 Å². The maximum Gasteiger partial charge on any atom is 0.262 e. The monoisotopic (exact) mass is 481 g/mol. The van der Waals surface area contributed by atoms with Crippen LogP contribution in [0, 0.1) is 0 Å². The molecule has 0 saturated carbocycles. The molecule has 33 heavy (non-hydrogen) atoms. The molecule has 7 nitrogen and oxygen atoms in total. The van der Waals surface area contributed by atoms with Crippen LogP contribution in [0.2, 0.25) is 5.02 Å². The summed E-state index contributed by atoms with van der Waals surface area (Å²) in [6.45, 7) is 3.09. The third-order valence-corrected chi connectivity index (χ3v) is 6.50. The number of para-hydroxylation sites is 1. The predicted octanol–water partition coefficient (Wildman–Crippen LogP) is 4.83. The molecular weight excluding hydrogens is 458 g/mol. The van der Waals surface area contributed by atoms with Gasteiger partial charge in [0, 0.05) is 17.6 Å². The summed E-state index contributed by atoms with van der Waals surface area (Å²) in [5.41, 5.74) is 1.47. The van der Waals surface area contributed by atoms with Gasteiger partial charge >= 0.3 is 0 Å². The molecule has 0 aliphatic heterocycles. The molecule has 0 bridgehead atoms. The van der Waals surface area contributed by atoms with Gasteiger partial charge in [0.2, 0.25) is 5.91 Å². The highest BCUT2D eigenvalue weighted by Gasteiger charge is 2.14. The number of benzene rings is 2. The molecule has 1 N–H and O–H groups in total. The molecule has 0 aliphatic carbocycles. The van der Waals surface area contributed by atoms with Crippen molar-refractivity contribution in [3.05, 3.63) is 81.7 Å². The number of amides is 1. The van der Waals surface area contributed by atoms with Gasteiger partial charge in [-0.15, -0.1) is 0 Å². The van der Waals surface area contributed by atoms with Crippen LogP contribution in [-0.2, 0) is 17.9 Å². The van der Waals surface area contributed by atoms with Crippen LogP contribution < -0.4 is 10.9 Å². The number of unbranched alkanes of at least 4 members (excludes halogenated alkanes) is 1. The standard InChI is InChI=1S/C24H24ClN5O2S/c1-2-3-14-29-23(32)18-9-5-7-11-20(18)27-24(29)33-16-22(31)28-21-12-13-26-30(21)15-17-8-4-6-10-19(17)25/h4-13H,2-3,14-16H2,1H3,(H,28,31). The van der Waals surface area contributed by atoms with Crippen LogP contribution in [0.4, 0.5) is 5.82 Å². The summed E-state index contributed by atoms with van der Waals surface area (Å²) in [6.07, 6.45) is 3.45. The van der Waals surface area contributed by atoms with E-state index >= 15 is 0 Å². The zero-order chi connectivity index (χ0) is 23.2. The van der Waals surface area contributed by atoms with Gasteiger partial charge in [-0.2, -0.15) is 5.10 Å². The normalized spacial score (nSPS) is 11.1. The van der Waals surface area contributed by atoms with Crippen LogP contribution in [0.3, 0.4) is 0 Å². The van der Waals surface area contributed by atoms with E-state index in [1.54, 1.807) is 27.6 Å². The van der Waals surface area contributed by atoms with E-state index in [9.17, 15) is 9.59 Å². The maximum atomic E-state index is 13.0. The minimum atomic E-state index is -0.203. The number of hydrogen-bond acceptors (Lipinski definition) is 5. The second kappa shape index (κ2) is 10.7. The molecule has 9 heteroatoms. The second-order valence-electron chi connectivity index (χ2n) is 7.52. The minimum Gasteiger partial charge on any atom is -0.310 e. The largest absolute Gasteiger partial charge is 0.310 e. The fourth-order valence-corrected chi connectivity index (χ4v) is 4.45. The molecule has 0 atom stereocenters. The van der Waals surface area contributed by atoms with Gasteiger partial charge in [-0.25, -0.2) is 9.67 Å². The average molecular weight is 482 g/mol. The molecule has 1 amide bonds. The lowest BCUT2D eigenvalue weighted by Gasteiger charge is -2.13. The molecule has 2 aromatic heterocycles. The van der Waals surface area contributed by atoms with Crippen molar-refractivity contribution >= 4 is 46.0 Å². The fraction of sp³-hybridized carbons (Fsp3) is 0.250. The first-order valence-corrected chi connectivity index (χ1v) is 12.1. The quantitative estimate of drug-likeness (QED) is 0.273. The summed E-state index contributed by atoms with van der Waals surface area (Å²) in [6, 6.07) is 16.6. The first kappa shape index (κ1) is 23.1. The minimum absolute atomic E-state index is 0.0743. The Kier molecular flexibility index (Phi) is 7.47. The number of nitrogens with one attached hydrogen (secondary N) is 1. The van der Waals surface area contributed by atoms with E-state index < -0.39 is 0 Å². The highest BCUT2D eigenvalue weighted by atomic mass is 35.5. The predicted molar refractivity (Wildman–Crippen MR) is 133 cm³/mol. The van der Waals surface area contributed by atoms with Crippen LogP contribution in [0.25, 0.3) is 10.9 Å². The van der Waals surface area contributed by atoms with Gasteiger partial charge in [-0.3, -0.25) is 14.2 Å². The number of thioether (sulfide) groups is 1. The van der Waals surface area contributed by atoms with Gasteiger partial charge < -0.3 is 5.32 Å². The first-order chi connectivity index (χ1) is 16.1. The Morgan fingerprint density at radius 3 is 2.73 bits per heavy atom. The van der Waals surface area contributed by atoms with Crippen LogP contribution in [-0.4, -0.2) is 31.0 Å². The van der Waals surface area contributed by atoms with E-state index in [4.69, 9.17) is 11.6 Å². The molecule has 0 spiro atoms. The molecule has 2 aromatic carbocycles. The highest BCUT2D eigenvalue weighted by Crippen LogP contribution is 2.20. The summed E-state index contributed by atoms with van der Waals surface area (Å²) in [7, 11) is 0. The number of fused-ring (bicyclic) bond motifs is 1. The number of aromatic nitrogens is 4. The van der Waals surface area contributed by atoms with Crippen LogP contribution >= 0.6 is 23.4 Å². The SMILES string of the molecule is CCCCn1c(SCC(=O)Nc2ccnn2Cc2ccccc2Cl)nc2ccccc2c1=O. The Morgan fingerprint density at radius 1 is 1.12 bits per heavy atom. The maximum absolute atomic E-state index is 13.0. The number of halogens is 1. The summed E-state index contributed by atoms with van der Waals surface area (Å²) in [4.78, 5) is 30.4. The third kappa shape index (κ3) is 5.46. The van der Waals surface area contributed by atoms with Crippen molar-refractivity contribution in [3.63, 3.8) is 0 Å². The van der Waals surface area contributed by atoms with Gasteiger partial charge in [0.1, 0.15) is 5.82 Å². The van der Waals surface area contributed by atoms with Gasteiger partial charge in [0.05, 0.1) is 29.4 Å². The van der Waals surface area contributed by atoms with Crippen molar-refractivity contribution in [2.45, 2.75) is 38.0 Å². The molecule has 0 saturated heterocycles. The van der Waals surface area contributed by atoms with Crippen molar-refractivity contribution in [2.75, 3.05) is 11.1 Å². The zero-order valence-electron chi connectivity index (χ0n) is 18.2. The summed E-state index contributed by atoms with van der Waals surface area (Å²) < 4.78 is 3.36. The van der Waals surface area contributed by atoms with Gasteiger partial charge in [-0.1, -0.05) is 67.0 Å². The van der Waals surface area contributed by atoms with Crippen molar-refractivity contribution in [2.24, 2.45) is 0 Å². The Hall–Kier alpha value is -3.10. The van der Waals surface area contributed by atoms with Gasteiger partial charge in [0.15, 0.2) is 5.16 Å². The van der Waals surface area contributed by atoms with Crippen LogP contribution in [0.15, 0.2) is 70.7 Å². The zero-order valence-corrected chi connectivity index (χ0v) is 19.8. The molecule has 4 rings (SSSR count). The van der Waals surface area contributed by atoms with E-state index in [0.717, 1.165) is 18.4 Å². The molecule has 0 unspecified atom stereocenters. The van der Waals surface area contributed by atoms with Gasteiger partial charge in [-0.05, 0) is 30.2 Å². The smallest absolute Gasteiger partial charge is 0.262 e. The number of carbonyl (C=O) groups is 1. The second-order valence-corrected chi connectivity index (χ2v) is 8.87. The molecule has 0 radical (unpaired) electrons. The summed E-state index contributed by atoms with van der Waals surface area (Å²) >= 11 is 7.51. The number of nitrogens with zero attached hydrogens (tertiary/aromatic N) is 4. The number of anilines is 1. The number of hydrogen-bond donors (Lipinski definition) is 1. The van der Waals surface area contributed by atoms with Gasteiger partial charge in [0.25, 0.3) is 5.56 Å². The molecular formula is C24H24ClN5O2S. The van der Waals surface area contributed by atoms with Crippen LogP contribution in [0.5, 0.6) is 0 Å². The lowest BCUT2D eigenvalue weighted by molar-refractivity contribution is -0.113. The van der Waals surface area contributed by atoms with E-state index in [1.165, 1.54) is 11.8 Å². The molecule has 0 aliphatic rings. The van der Waals surface area contributed by atoms with Crippen molar-refractivity contribution < 1.29 is 4.79 Å². The number of rotatable bonds is 9. The molecule has 2 heterocycles. The average Bonchev–Trinajstić information content (AvgIpc) is 3.25. The van der Waals surface area contributed by atoms with Crippen LogP contribution in [0.1, 0.15) is 25.3 Å². The Morgan fingerprint density at radius 2 is 1.91 bits per heavy atom. The van der Waals surface area contributed by atoms with Crippen molar-refractivity contribution in [1.29, 1.82) is 0 Å². The third-order valence-electron chi connectivity index (χ3n) is 5.16. The first-order valence-electron chi connectivity index (χ1n) is 10.7. The Bertz CT molecular complexity index is 1330. The van der Waals surface area contributed by atoms with E-state index in [-0.39, 0.29) is 17.2 Å². The molecule has 4 aromatic rings. The van der Waals surface area contributed by atoms with Crippen molar-refractivity contribution in [3.8, 4) is 0 Å². The highest BCUT2D eigenvalue weighted by molar-refractivity contribution is 7.99. The van der Waals surface area contributed by atoms with E-state index in [0.29, 0.717) is 40.0 Å². The Labute approximate surface area is 200 Å². The van der Waals surface area contributed by atoms with E-state index in [2.05, 4.69) is 22.3 Å². The van der Waals surface area contributed by atoms with Crippen molar-refractivity contribution in [1.82, 2.24) is 19.3 Å². The lowest BCUT2D eigenvalue weighted by Crippen LogP contribution is -2.24. The molecule has 0 fully saturated rings. The summed E-state index contributed by atoms with van der Waals surface area (Å²) in [5, 5.41) is 8.98. The topological polar surface area (TPSA) is 81.8 Å².